The second kappa shape index (κ2) is 11.3. The van der Waals surface area contributed by atoms with Crippen LogP contribution in [-0.2, 0) is 19.6 Å². The normalized spacial score (nSPS) is 11.2. The van der Waals surface area contributed by atoms with Crippen molar-refractivity contribution in [2.45, 2.75) is 26.5 Å². The predicted molar refractivity (Wildman–Crippen MR) is 140 cm³/mol. The average Bonchev–Trinajstić information content (AvgIpc) is 3.23. The number of hydrogen-bond donors (Lipinski definition) is 2. The molecule has 0 spiro atoms. The molecule has 0 radical (unpaired) electrons. The Balaban J connectivity index is 1.38. The fourth-order valence-corrected chi connectivity index (χ4v) is 4.45. The summed E-state index contributed by atoms with van der Waals surface area (Å²) in [6.07, 6.45) is 3.04. The van der Waals surface area contributed by atoms with Crippen molar-refractivity contribution in [3.63, 3.8) is 0 Å². The summed E-state index contributed by atoms with van der Waals surface area (Å²) in [7, 11) is 0. The Morgan fingerprint density at radius 2 is 1.76 bits per heavy atom. The fourth-order valence-electron chi connectivity index (χ4n) is 3.67. The molecule has 0 saturated heterocycles. The molecule has 0 bridgehead atoms. The lowest BCUT2D eigenvalue weighted by Gasteiger charge is -2.16. The largest absolute Gasteiger partial charge is 0.490 e. The summed E-state index contributed by atoms with van der Waals surface area (Å²) in [5.74, 6) is 1.39. The molecule has 0 atom stereocenters. The van der Waals surface area contributed by atoms with Crippen LogP contribution in [0, 0.1) is 0 Å². The van der Waals surface area contributed by atoms with Crippen LogP contribution in [0.5, 0.6) is 11.5 Å². The maximum absolute atomic E-state index is 6.12. The molecule has 4 rings (SSSR count). The first kappa shape index (κ1) is 24.0. The minimum Gasteiger partial charge on any atom is -0.490 e. The molecule has 7 heteroatoms. The molecule has 0 aliphatic rings. The highest BCUT2D eigenvalue weighted by molar-refractivity contribution is 9.10. The number of halogens is 3. The smallest absolute Gasteiger partial charge is 0.162 e. The minimum atomic E-state index is 0.367. The van der Waals surface area contributed by atoms with Gasteiger partial charge in [0, 0.05) is 28.1 Å². The molecule has 3 aromatic carbocycles. The number of hydrogen-bond acceptors (Lipinski definition) is 3. The summed E-state index contributed by atoms with van der Waals surface area (Å²) in [6.45, 7) is 4.47. The third-order valence-corrected chi connectivity index (χ3v) is 6.83. The van der Waals surface area contributed by atoms with E-state index in [0.717, 1.165) is 35.1 Å². The fraction of sp³-hybridized carbons (Fsp3) is 0.231. The Labute approximate surface area is 212 Å². The number of para-hydroxylation sites is 1. The molecular formula is C26H25BrCl2N2O2. The Morgan fingerprint density at radius 3 is 2.58 bits per heavy atom. The van der Waals surface area contributed by atoms with E-state index >= 15 is 0 Å². The third kappa shape index (κ3) is 6.04. The molecule has 2 N–H and O–H groups in total. The minimum absolute atomic E-state index is 0.367. The van der Waals surface area contributed by atoms with Crippen molar-refractivity contribution in [1.29, 1.82) is 0 Å². The Hall–Kier alpha value is -2.18. The van der Waals surface area contributed by atoms with Crippen molar-refractivity contribution in [3.8, 4) is 11.5 Å². The van der Waals surface area contributed by atoms with Gasteiger partial charge in [-0.3, -0.25) is 0 Å². The average molecular weight is 548 g/mol. The van der Waals surface area contributed by atoms with E-state index < -0.39 is 0 Å². The van der Waals surface area contributed by atoms with Crippen LogP contribution >= 0.6 is 39.1 Å². The SMILES string of the molecule is CCOc1cc(CNCCc2c[nH]c3ccccc23)c(Br)cc1OCc1ccc(Cl)c(Cl)c1. The van der Waals surface area contributed by atoms with E-state index in [1.165, 1.54) is 16.5 Å². The van der Waals surface area contributed by atoms with E-state index in [1.807, 2.05) is 37.3 Å². The van der Waals surface area contributed by atoms with Gasteiger partial charge in [-0.2, -0.15) is 0 Å². The predicted octanol–water partition coefficient (Wildman–Crippen LogP) is 7.55. The molecule has 0 amide bonds. The summed E-state index contributed by atoms with van der Waals surface area (Å²) >= 11 is 15.8. The second-order valence-corrected chi connectivity index (χ2v) is 9.32. The van der Waals surface area contributed by atoms with Gasteiger partial charge < -0.3 is 19.8 Å². The quantitative estimate of drug-likeness (QED) is 0.201. The molecule has 0 fully saturated rings. The highest BCUT2D eigenvalue weighted by Crippen LogP contribution is 2.35. The summed E-state index contributed by atoms with van der Waals surface area (Å²) < 4.78 is 12.9. The van der Waals surface area contributed by atoms with Gasteiger partial charge in [0.15, 0.2) is 11.5 Å². The summed E-state index contributed by atoms with van der Waals surface area (Å²) in [5, 5.41) is 5.86. The molecular weight excluding hydrogens is 523 g/mol. The number of aromatic amines is 1. The first-order valence-electron chi connectivity index (χ1n) is 10.8. The van der Waals surface area contributed by atoms with Crippen LogP contribution in [0.3, 0.4) is 0 Å². The number of benzene rings is 3. The molecule has 4 nitrogen and oxygen atoms in total. The lowest BCUT2D eigenvalue weighted by atomic mass is 10.1. The van der Waals surface area contributed by atoms with E-state index in [2.05, 4.69) is 50.6 Å². The van der Waals surface area contributed by atoms with Crippen LogP contribution < -0.4 is 14.8 Å². The Morgan fingerprint density at radius 1 is 0.939 bits per heavy atom. The zero-order chi connectivity index (χ0) is 23.2. The number of rotatable bonds is 10. The van der Waals surface area contributed by atoms with Gasteiger partial charge in [0.25, 0.3) is 0 Å². The van der Waals surface area contributed by atoms with Crippen LogP contribution in [0.25, 0.3) is 10.9 Å². The first-order chi connectivity index (χ1) is 16.0. The number of nitrogens with one attached hydrogen (secondary N) is 2. The zero-order valence-electron chi connectivity index (χ0n) is 18.3. The molecule has 0 aliphatic carbocycles. The standard InChI is InChI=1S/C26H25BrCl2N2O2/c1-2-32-25-12-19(14-30-10-9-18-15-31-24-6-4-3-5-20(18)24)21(27)13-26(25)33-16-17-7-8-22(28)23(29)11-17/h3-8,11-13,15,30-31H,2,9-10,14,16H2,1H3. The van der Waals surface area contributed by atoms with Crippen molar-refractivity contribution in [2.75, 3.05) is 13.2 Å². The van der Waals surface area contributed by atoms with Crippen LogP contribution in [0.2, 0.25) is 10.0 Å². The van der Waals surface area contributed by atoms with Crippen LogP contribution in [0.15, 0.2) is 65.3 Å². The lowest BCUT2D eigenvalue weighted by molar-refractivity contribution is 0.269. The van der Waals surface area contributed by atoms with Crippen LogP contribution in [0.1, 0.15) is 23.6 Å². The molecule has 0 aliphatic heterocycles. The number of aromatic nitrogens is 1. The molecule has 0 unspecified atom stereocenters. The highest BCUT2D eigenvalue weighted by Gasteiger charge is 2.12. The lowest BCUT2D eigenvalue weighted by Crippen LogP contribution is -2.17. The maximum atomic E-state index is 6.12. The Kier molecular flexibility index (Phi) is 8.20. The van der Waals surface area contributed by atoms with Crippen molar-refractivity contribution >= 4 is 50.0 Å². The van der Waals surface area contributed by atoms with Gasteiger partial charge in [-0.1, -0.05) is 63.4 Å². The van der Waals surface area contributed by atoms with Crippen LogP contribution in [0.4, 0.5) is 0 Å². The van der Waals surface area contributed by atoms with Gasteiger partial charge in [-0.05, 0) is 66.9 Å². The van der Waals surface area contributed by atoms with E-state index in [-0.39, 0.29) is 0 Å². The van der Waals surface area contributed by atoms with Gasteiger partial charge in [-0.15, -0.1) is 0 Å². The van der Waals surface area contributed by atoms with E-state index in [1.54, 1.807) is 6.07 Å². The van der Waals surface area contributed by atoms with Crippen molar-refractivity contribution in [1.82, 2.24) is 10.3 Å². The monoisotopic (exact) mass is 546 g/mol. The van der Waals surface area contributed by atoms with Crippen molar-refractivity contribution in [2.24, 2.45) is 0 Å². The van der Waals surface area contributed by atoms with Crippen LogP contribution in [-0.4, -0.2) is 18.1 Å². The van der Waals surface area contributed by atoms with E-state index in [4.69, 9.17) is 32.7 Å². The van der Waals surface area contributed by atoms with E-state index in [0.29, 0.717) is 34.8 Å². The summed E-state index contributed by atoms with van der Waals surface area (Å²) in [5.41, 5.74) is 4.54. The molecule has 0 saturated carbocycles. The zero-order valence-corrected chi connectivity index (χ0v) is 21.4. The maximum Gasteiger partial charge on any atom is 0.162 e. The second-order valence-electron chi connectivity index (χ2n) is 7.65. The van der Waals surface area contributed by atoms with Gasteiger partial charge >= 0.3 is 0 Å². The molecule has 1 heterocycles. The molecule has 172 valence electrons. The van der Waals surface area contributed by atoms with Gasteiger partial charge in [-0.25, -0.2) is 0 Å². The molecule has 1 aromatic heterocycles. The highest BCUT2D eigenvalue weighted by atomic mass is 79.9. The summed E-state index contributed by atoms with van der Waals surface area (Å²) in [4.78, 5) is 3.33. The van der Waals surface area contributed by atoms with Gasteiger partial charge in [0.05, 0.1) is 16.7 Å². The van der Waals surface area contributed by atoms with Gasteiger partial charge in [0.2, 0.25) is 0 Å². The molecule has 33 heavy (non-hydrogen) atoms. The first-order valence-corrected chi connectivity index (χ1v) is 12.4. The third-order valence-electron chi connectivity index (χ3n) is 5.35. The topological polar surface area (TPSA) is 46.3 Å². The van der Waals surface area contributed by atoms with Gasteiger partial charge in [0.1, 0.15) is 6.61 Å². The van der Waals surface area contributed by atoms with Crippen molar-refractivity contribution in [3.05, 3.63) is 92.0 Å². The van der Waals surface area contributed by atoms with Crippen molar-refractivity contribution < 1.29 is 9.47 Å². The summed E-state index contributed by atoms with van der Waals surface area (Å²) in [6, 6.07) is 17.8. The van der Waals surface area contributed by atoms with E-state index in [9.17, 15) is 0 Å². The number of fused-ring (bicyclic) bond motifs is 1. The Bertz CT molecular complexity index is 1240. The molecule has 4 aromatic rings. The number of H-pyrrole nitrogens is 1. The number of ether oxygens (including phenoxy) is 2.